The van der Waals surface area contributed by atoms with Gasteiger partial charge in [-0.2, -0.15) is 0 Å². The molecule has 1 aromatic heterocycles. The molecular formula is C6H10N2O2S. The van der Waals surface area contributed by atoms with Gasteiger partial charge in [-0.25, -0.2) is 4.79 Å². The minimum atomic E-state index is -0.332. The van der Waals surface area contributed by atoms with Gasteiger partial charge in [0.2, 0.25) is 0 Å². The fourth-order valence-corrected chi connectivity index (χ4v) is 1.07. The van der Waals surface area contributed by atoms with E-state index in [2.05, 4.69) is 16.3 Å². The number of aromatic amines is 1. The molecule has 4 nitrogen and oxygen atoms in total. The smallest absolute Gasteiger partial charge is 0.358 e. The summed E-state index contributed by atoms with van der Waals surface area (Å²) in [5.41, 5.74) is -0.332. The van der Waals surface area contributed by atoms with Gasteiger partial charge in [-0.3, -0.25) is 4.37 Å². The van der Waals surface area contributed by atoms with Gasteiger partial charge >= 0.3 is 5.69 Å². The van der Waals surface area contributed by atoms with Gasteiger partial charge < -0.3 is 4.74 Å². The Kier molecular flexibility index (Phi) is 3.10. The highest BCUT2D eigenvalue weighted by Crippen LogP contribution is 2.07. The summed E-state index contributed by atoms with van der Waals surface area (Å²) in [4.78, 5) is 14.1. The van der Waals surface area contributed by atoms with Crippen LogP contribution in [0.25, 0.3) is 0 Å². The van der Waals surface area contributed by atoms with E-state index < -0.39 is 0 Å². The molecule has 0 bridgehead atoms. The van der Waals surface area contributed by atoms with Crippen LogP contribution in [-0.2, 0) is 0 Å². The van der Waals surface area contributed by atoms with Gasteiger partial charge in [0.15, 0.2) is 0 Å². The van der Waals surface area contributed by atoms with Crippen molar-refractivity contribution in [1.29, 1.82) is 0 Å². The summed E-state index contributed by atoms with van der Waals surface area (Å²) in [7, 11) is 0. The zero-order valence-electron chi connectivity index (χ0n) is 6.29. The number of hydrogen-bond donors (Lipinski definition) is 1. The lowest BCUT2D eigenvalue weighted by atomic mass is 10.4. The van der Waals surface area contributed by atoms with Crippen LogP contribution < -0.4 is 10.4 Å². The van der Waals surface area contributed by atoms with E-state index >= 15 is 0 Å². The summed E-state index contributed by atoms with van der Waals surface area (Å²) >= 11 is 1.13. The van der Waals surface area contributed by atoms with E-state index in [-0.39, 0.29) is 5.69 Å². The Bertz CT molecular complexity index is 255. The number of nitrogens with one attached hydrogen (secondary N) is 1. The molecular weight excluding hydrogens is 164 g/mol. The lowest BCUT2D eigenvalue weighted by Gasteiger charge is -1.96. The van der Waals surface area contributed by atoms with Crippen molar-refractivity contribution in [2.45, 2.75) is 19.8 Å². The van der Waals surface area contributed by atoms with Gasteiger partial charge in [-0.15, -0.1) is 4.98 Å². The predicted molar refractivity (Wildman–Crippen MR) is 43.1 cm³/mol. The predicted octanol–water partition coefficient (Wildman–Crippen LogP) is 1.01. The second-order valence-corrected chi connectivity index (χ2v) is 2.85. The van der Waals surface area contributed by atoms with Crippen LogP contribution in [0.3, 0.4) is 0 Å². The van der Waals surface area contributed by atoms with Gasteiger partial charge in [-0.05, 0) is 6.42 Å². The average Bonchev–Trinajstić information content (AvgIpc) is 2.37. The number of hydrogen-bond acceptors (Lipinski definition) is 4. The Labute approximate surface area is 68.4 Å². The fraction of sp³-hybridized carbons (Fsp3) is 0.667. The molecule has 0 saturated carbocycles. The largest absolute Gasteiger partial charge is 0.469 e. The van der Waals surface area contributed by atoms with Crippen molar-refractivity contribution in [2.75, 3.05) is 6.61 Å². The van der Waals surface area contributed by atoms with E-state index in [9.17, 15) is 4.79 Å². The van der Waals surface area contributed by atoms with E-state index in [1.165, 1.54) is 0 Å². The van der Waals surface area contributed by atoms with Crippen molar-refractivity contribution in [3.05, 3.63) is 10.5 Å². The molecule has 0 aliphatic heterocycles. The minimum Gasteiger partial charge on any atom is -0.469 e. The van der Waals surface area contributed by atoms with Gasteiger partial charge in [0.1, 0.15) is 0 Å². The summed E-state index contributed by atoms with van der Waals surface area (Å²) in [6, 6.07) is 0. The minimum absolute atomic E-state index is 0.332. The van der Waals surface area contributed by atoms with Crippen LogP contribution in [0.15, 0.2) is 4.79 Å². The first-order chi connectivity index (χ1) is 5.33. The first-order valence-corrected chi connectivity index (χ1v) is 4.33. The second kappa shape index (κ2) is 4.12. The molecule has 0 amide bonds. The molecule has 5 heteroatoms. The van der Waals surface area contributed by atoms with Crippen molar-refractivity contribution in [2.24, 2.45) is 0 Å². The molecule has 0 radical (unpaired) electrons. The van der Waals surface area contributed by atoms with Gasteiger partial charge in [0.05, 0.1) is 6.61 Å². The standard InChI is InChI=1S/C6H10N2O2S/c1-2-3-4-10-6-7-5(9)8-11-6/h2-4H2,1H3,(H,8,9). The molecule has 1 N–H and O–H groups in total. The highest BCUT2D eigenvalue weighted by molar-refractivity contribution is 7.07. The third-order valence-corrected chi connectivity index (χ3v) is 1.80. The Morgan fingerprint density at radius 3 is 3.09 bits per heavy atom. The van der Waals surface area contributed by atoms with Crippen LogP contribution in [0.4, 0.5) is 0 Å². The van der Waals surface area contributed by atoms with E-state index in [0.29, 0.717) is 11.8 Å². The van der Waals surface area contributed by atoms with Crippen molar-refractivity contribution >= 4 is 11.5 Å². The maximum Gasteiger partial charge on any atom is 0.358 e. The molecule has 0 fully saturated rings. The molecule has 0 aromatic carbocycles. The van der Waals surface area contributed by atoms with Crippen LogP contribution in [0.2, 0.25) is 0 Å². The first-order valence-electron chi connectivity index (χ1n) is 3.51. The number of aromatic nitrogens is 2. The topological polar surface area (TPSA) is 55.0 Å². The van der Waals surface area contributed by atoms with Crippen molar-refractivity contribution in [3.63, 3.8) is 0 Å². The Balaban J connectivity index is 2.33. The monoisotopic (exact) mass is 174 g/mol. The van der Waals surface area contributed by atoms with E-state index in [1.807, 2.05) is 0 Å². The van der Waals surface area contributed by atoms with Gasteiger partial charge in [-0.1, -0.05) is 13.3 Å². The zero-order chi connectivity index (χ0) is 8.10. The molecule has 11 heavy (non-hydrogen) atoms. The summed E-state index contributed by atoms with van der Waals surface area (Å²) in [5, 5.41) is 0.434. The van der Waals surface area contributed by atoms with E-state index in [1.54, 1.807) is 0 Å². The molecule has 1 heterocycles. The lowest BCUT2D eigenvalue weighted by Crippen LogP contribution is -2.02. The average molecular weight is 174 g/mol. The van der Waals surface area contributed by atoms with Gasteiger partial charge in [0.25, 0.3) is 5.19 Å². The Hall–Kier alpha value is -0.840. The summed E-state index contributed by atoms with van der Waals surface area (Å²) in [6.07, 6.45) is 2.08. The number of unbranched alkanes of at least 4 members (excludes halogenated alkanes) is 1. The number of rotatable bonds is 4. The SMILES string of the molecule is CCCCOc1nc(=O)[nH]s1. The molecule has 0 aliphatic rings. The summed E-state index contributed by atoms with van der Waals surface area (Å²) in [5.74, 6) is 0. The molecule has 0 aliphatic carbocycles. The van der Waals surface area contributed by atoms with Crippen LogP contribution in [-0.4, -0.2) is 16.0 Å². The van der Waals surface area contributed by atoms with Crippen LogP contribution in [0, 0.1) is 0 Å². The Morgan fingerprint density at radius 2 is 2.55 bits per heavy atom. The number of ether oxygens (including phenoxy) is 1. The lowest BCUT2D eigenvalue weighted by molar-refractivity contribution is 0.307. The van der Waals surface area contributed by atoms with Crippen molar-refractivity contribution in [1.82, 2.24) is 9.36 Å². The van der Waals surface area contributed by atoms with Crippen LogP contribution >= 0.6 is 11.5 Å². The molecule has 0 atom stereocenters. The fourth-order valence-electron chi connectivity index (χ4n) is 0.581. The zero-order valence-corrected chi connectivity index (χ0v) is 7.11. The first kappa shape index (κ1) is 8.26. The van der Waals surface area contributed by atoms with Crippen molar-refractivity contribution in [3.8, 4) is 5.19 Å². The molecule has 0 saturated heterocycles. The molecule has 0 unspecified atom stereocenters. The molecule has 1 rings (SSSR count). The third kappa shape index (κ3) is 2.71. The molecule has 62 valence electrons. The quantitative estimate of drug-likeness (QED) is 0.693. The summed E-state index contributed by atoms with van der Waals surface area (Å²) in [6.45, 7) is 2.72. The van der Waals surface area contributed by atoms with E-state index in [4.69, 9.17) is 4.74 Å². The number of nitrogens with zero attached hydrogens (tertiary/aromatic N) is 1. The van der Waals surface area contributed by atoms with Crippen LogP contribution in [0.5, 0.6) is 5.19 Å². The van der Waals surface area contributed by atoms with E-state index in [0.717, 1.165) is 24.4 Å². The van der Waals surface area contributed by atoms with Gasteiger partial charge in [0, 0.05) is 11.5 Å². The maximum absolute atomic E-state index is 10.5. The van der Waals surface area contributed by atoms with Crippen molar-refractivity contribution < 1.29 is 4.74 Å². The maximum atomic E-state index is 10.5. The molecule has 1 aromatic rings. The second-order valence-electron chi connectivity index (χ2n) is 2.09. The third-order valence-electron chi connectivity index (χ3n) is 1.14. The number of H-pyrrole nitrogens is 1. The normalized spacial score (nSPS) is 9.91. The highest BCUT2D eigenvalue weighted by Gasteiger charge is 1.97. The molecule has 0 spiro atoms. The Morgan fingerprint density at radius 1 is 1.73 bits per heavy atom. The summed E-state index contributed by atoms with van der Waals surface area (Å²) < 4.78 is 7.59. The van der Waals surface area contributed by atoms with Crippen LogP contribution in [0.1, 0.15) is 19.8 Å². The highest BCUT2D eigenvalue weighted by atomic mass is 32.1.